The van der Waals surface area contributed by atoms with Crippen molar-refractivity contribution in [2.75, 3.05) is 13.2 Å². The number of ether oxygens (including phenoxy) is 3. The van der Waals surface area contributed by atoms with Crippen LogP contribution in [0.3, 0.4) is 0 Å². The number of carbonyl (C=O) groups excluding carboxylic acids is 3. The molecular weight excluding hydrogens is 841 g/mol. The van der Waals surface area contributed by atoms with Crippen LogP contribution in [-0.4, -0.2) is 37.2 Å². The molecule has 6 heteroatoms. The molecule has 0 fully saturated rings. The van der Waals surface area contributed by atoms with Gasteiger partial charge in [-0.05, 0) is 31.1 Å². The largest absolute Gasteiger partial charge is 0.462 e. The third-order valence-electron chi connectivity index (χ3n) is 14.2. The van der Waals surface area contributed by atoms with E-state index in [4.69, 9.17) is 14.2 Å². The fourth-order valence-corrected chi connectivity index (χ4v) is 9.58. The quantitative estimate of drug-likeness (QED) is 0.0343. The molecule has 0 amide bonds. The first kappa shape index (κ1) is 66.4. The number of unbranched alkanes of at least 4 members (excludes halogenated alkanes) is 41. The van der Waals surface area contributed by atoms with Crippen LogP contribution in [0.1, 0.15) is 349 Å². The Morgan fingerprint density at radius 2 is 0.485 bits per heavy atom. The first-order chi connectivity index (χ1) is 33.2. The van der Waals surface area contributed by atoms with Gasteiger partial charge in [-0.2, -0.15) is 0 Å². The van der Waals surface area contributed by atoms with E-state index in [9.17, 15) is 14.4 Å². The smallest absolute Gasteiger partial charge is 0.306 e. The highest BCUT2D eigenvalue weighted by atomic mass is 16.6. The SMILES string of the molecule is CCCCCCCCCCCCCCCCCCCCCC(=O)OC[C@H](COC(=O)CCCCCCCCCCCCCCCC(C)C)OC(=O)CCCCCCCCCCCCCCC(C)C. The van der Waals surface area contributed by atoms with Gasteiger partial charge in [-0.1, -0.05) is 311 Å². The van der Waals surface area contributed by atoms with Gasteiger partial charge >= 0.3 is 17.9 Å². The van der Waals surface area contributed by atoms with Crippen LogP contribution in [0.2, 0.25) is 0 Å². The average molecular weight is 962 g/mol. The fourth-order valence-electron chi connectivity index (χ4n) is 9.58. The normalized spacial score (nSPS) is 12.0. The Morgan fingerprint density at radius 1 is 0.279 bits per heavy atom. The Kier molecular flexibility index (Phi) is 53.5. The van der Waals surface area contributed by atoms with Crippen LogP contribution in [-0.2, 0) is 28.6 Å². The maximum Gasteiger partial charge on any atom is 0.306 e. The maximum absolute atomic E-state index is 12.9. The average Bonchev–Trinajstić information content (AvgIpc) is 3.31. The third-order valence-corrected chi connectivity index (χ3v) is 14.2. The summed E-state index contributed by atoms with van der Waals surface area (Å²) >= 11 is 0. The molecule has 0 aromatic carbocycles. The molecule has 0 heterocycles. The lowest BCUT2D eigenvalue weighted by atomic mass is 10.0. The van der Waals surface area contributed by atoms with Gasteiger partial charge in [0.15, 0.2) is 6.10 Å². The summed E-state index contributed by atoms with van der Waals surface area (Å²) in [5.41, 5.74) is 0. The molecule has 0 N–H and O–H groups in total. The van der Waals surface area contributed by atoms with Gasteiger partial charge in [0.2, 0.25) is 0 Å². The minimum atomic E-state index is -0.763. The predicted molar refractivity (Wildman–Crippen MR) is 293 cm³/mol. The molecule has 68 heavy (non-hydrogen) atoms. The van der Waals surface area contributed by atoms with Gasteiger partial charge in [0.05, 0.1) is 0 Å². The fraction of sp³-hybridized carbons (Fsp3) is 0.952. The topological polar surface area (TPSA) is 78.9 Å². The molecule has 404 valence electrons. The van der Waals surface area contributed by atoms with Gasteiger partial charge in [-0.15, -0.1) is 0 Å². The number of rotatable bonds is 56. The molecule has 0 aliphatic carbocycles. The van der Waals surface area contributed by atoms with E-state index in [1.54, 1.807) is 0 Å². The molecule has 6 nitrogen and oxygen atoms in total. The van der Waals surface area contributed by atoms with Crippen molar-refractivity contribution in [3.63, 3.8) is 0 Å². The van der Waals surface area contributed by atoms with E-state index >= 15 is 0 Å². The Balaban J connectivity index is 4.28. The maximum atomic E-state index is 12.9. The Hall–Kier alpha value is -1.59. The highest BCUT2D eigenvalue weighted by Crippen LogP contribution is 2.19. The van der Waals surface area contributed by atoms with Gasteiger partial charge in [0, 0.05) is 19.3 Å². The second kappa shape index (κ2) is 54.7. The van der Waals surface area contributed by atoms with E-state index in [-0.39, 0.29) is 31.1 Å². The van der Waals surface area contributed by atoms with Crippen LogP contribution >= 0.6 is 0 Å². The highest BCUT2D eigenvalue weighted by molar-refractivity contribution is 5.71. The molecule has 0 aliphatic heterocycles. The zero-order valence-corrected chi connectivity index (χ0v) is 46.7. The second-order valence-corrected chi connectivity index (χ2v) is 22.3. The summed E-state index contributed by atoms with van der Waals surface area (Å²) < 4.78 is 16.9. The summed E-state index contributed by atoms with van der Waals surface area (Å²) in [5, 5.41) is 0. The molecular formula is C62H120O6. The summed E-state index contributed by atoms with van der Waals surface area (Å²) in [7, 11) is 0. The predicted octanol–water partition coefficient (Wildman–Crippen LogP) is 20.4. The summed E-state index contributed by atoms with van der Waals surface area (Å²) in [4.78, 5) is 38.2. The number of esters is 3. The van der Waals surface area contributed by atoms with Crippen LogP contribution in [0.25, 0.3) is 0 Å². The van der Waals surface area contributed by atoms with E-state index < -0.39 is 6.10 Å². The molecule has 0 saturated heterocycles. The molecule has 0 unspecified atom stereocenters. The number of hydrogen-bond donors (Lipinski definition) is 0. The van der Waals surface area contributed by atoms with Crippen molar-refractivity contribution in [3.8, 4) is 0 Å². The second-order valence-electron chi connectivity index (χ2n) is 22.3. The zero-order valence-electron chi connectivity index (χ0n) is 46.7. The first-order valence-electron chi connectivity index (χ1n) is 30.7. The van der Waals surface area contributed by atoms with Gasteiger partial charge in [0.1, 0.15) is 13.2 Å². The van der Waals surface area contributed by atoms with Crippen LogP contribution < -0.4 is 0 Å². The van der Waals surface area contributed by atoms with E-state index in [0.717, 1.165) is 69.6 Å². The monoisotopic (exact) mass is 961 g/mol. The van der Waals surface area contributed by atoms with E-state index in [0.29, 0.717) is 19.3 Å². The first-order valence-corrected chi connectivity index (χ1v) is 30.7. The van der Waals surface area contributed by atoms with Crippen molar-refractivity contribution in [2.45, 2.75) is 355 Å². The molecule has 0 bridgehead atoms. The lowest BCUT2D eigenvalue weighted by molar-refractivity contribution is -0.167. The van der Waals surface area contributed by atoms with Crippen LogP contribution in [0.15, 0.2) is 0 Å². The highest BCUT2D eigenvalue weighted by Gasteiger charge is 2.19. The van der Waals surface area contributed by atoms with Crippen molar-refractivity contribution >= 4 is 17.9 Å². The Labute approximate surface area is 425 Å². The molecule has 0 aliphatic rings. The molecule has 0 aromatic heterocycles. The minimum Gasteiger partial charge on any atom is -0.462 e. The van der Waals surface area contributed by atoms with Crippen LogP contribution in [0.4, 0.5) is 0 Å². The van der Waals surface area contributed by atoms with Crippen molar-refractivity contribution in [2.24, 2.45) is 11.8 Å². The summed E-state index contributed by atoms with van der Waals surface area (Å²) in [6.45, 7) is 11.4. The molecule has 1 atom stereocenters. The number of hydrogen-bond acceptors (Lipinski definition) is 6. The van der Waals surface area contributed by atoms with E-state index in [1.165, 1.54) is 238 Å². The summed E-state index contributed by atoms with van der Waals surface area (Å²) in [5.74, 6) is 0.836. The molecule has 0 aromatic rings. The lowest BCUT2D eigenvalue weighted by Crippen LogP contribution is -2.30. The third kappa shape index (κ3) is 55.3. The van der Waals surface area contributed by atoms with Gasteiger partial charge in [0.25, 0.3) is 0 Å². The van der Waals surface area contributed by atoms with Crippen molar-refractivity contribution in [1.82, 2.24) is 0 Å². The van der Waals surface area contributed by atoms with Crippen LogP contribution in [0, 0.1) is 11.8 Å². The van der Waals surface area contributed by atoms with E-state index in [2.05, 4.69) is 34.6 Å². The zero-order chi connectivity index (χ0) is 49.6. The summed E-state index contributed by atoms with van der Waals surface area (Å²) in [6.07, 6.45) is 59.6. The molecule has 0 rings (SSSR count). The molecule has 0 saturated carbocycles. The molecule has 0 radical (unpaired) electrons. The van der Waals surface area contributed by atoms with Crippen LogP contribution in [0.5, 0.6) is 0 Å². The van der Waals surface area contributed by atoms with Crippen molar-refractivity contribution in [1.29, 1.82) is 0 Å². The summed E-state index contributed by atoms with van der Waals surface area (Å²) in [6, 6.07) is 0. The lowest BCUT2D eigenvalue weighted by Gasteiger charge is -2.18. The van der Waals surface area contributed by atoms with Gasteiger partial charge in [-0.3, -0.25) is 14.4 Å². The van der Waals surface area contributed by atoms with Crippen molar-refractivity contribution < 1.29 is 28.6 Å². The van der Waals surface area contributed by atoms with Crippen molar-refractivity contribution in [3.05, 3.63) is 0 Å². The number of carbonyl (C=O) groups is 3. The van der Waals surface area contributed by atoms with Gasteiger partial charge < -0.3 is 14.2 Å². The standard InChI is InChI=1S/C62H120O6/c1-6-7-8-9-10-11-12-13-14-15-16-17-18-21-27-32-37-42-47-52-60(63)66-55-59(68-62(65)54-49-44-39-34-29-24-23-26-31-36-41-46-51-58(4)5)56-67-61(64)53-48-43-38-33-28-22-19-20-25-30-35-40-45-50-57(2)3/h57-59H,6-56H2,1-5H3/t59-/m1/s1. The minimum absolute atomic E-state index is 0.0623. The Bertz CT molecular complexity index is 1040. The van der Waals surface area contributed by atoms with Gasteiger partial charge in [-0.25, -0.2) is 0 Å². The Morgan fingerprint density at radius 3 is 0.721 bits per heavy atom. The van der Waals surface area contributed by atoms with E-state index in [1.807, 2.05) is 0 Å². The molecule has 0 spiro atoms.